The Hall–Kier alpha value is -3.95. The molecular weight excluding hydrogens is 703 g/mol. The first-order valence-corrected chi connectivity index (χ1v) is 13.8. The monoisotopic (exact) mass is 733 g/mol. The molecule has 7 aromatic rings. The third-order valence-electron chi connectivity index (χ3n) is 7.47. The van der Waals surface area contributed by atoms with Gasteiger partial charge >= 0.3 is 21.1 Å². The normalized spacial score (nSPS) is 12.3. The van der Waals surface area contributed by atoms with E-state index in [9.17, 15) is 0 Å². The van der Waals surface area contributed by atoms with E-state index in [1.54, 1.807) is 6.20 Å². The van der Waals surface area contributed by atoms with Gasteiger partial charge in [0.15, 0.2) is 0 Å². The molecule has 0 amide bonds. The van der Waals surface area contributed by atoms with Crippen LogP contribution in [0.5, 0.6) is 11.6 Å². The van der Waals surface area contributed by atoms with Crippen molar-refractivity contribution in [1.29, 1.82) is 0 Å². The molecule has 3 aromatic carbocycles. The van der Waals surface area contributed by atoms with Gasteiger partial charge in [-0.1, -0.05) is 65.8 Å². The minimum Gasteiger partial charge on any atom is -0.477 e. The summed E-state index contributed by atoms with van der Waals surface area (Å²) in [6.45, 7) is 13.0. The molecule has 5 nitrogen and oxygen atoms in total. The van der Waals surface area contributed by atoms with Gasteiger partial charge in [-0.25, -0.2) is 16.1 Å². The van der Waals surface area contributed by atoms with E-state index in [1.165, 1.54) is 0 Å². The van der Waals surface area contributed by atoms with Crippen LogP contribution in [0.15, 0.2) is 81.8 Å². The second-order valence-corrected chi connectivity index (χ2v) is 12.6. The summed E-state index contributed by atoms with van der Waals surface area (Å²) in [5.41, 5.74) is 8.06. The number of rotatable bonds is 4. The van der Waals surface area contributed by atoms with Crippen molar-refractivity contribution >= 4 is 33.1 Å². The number of ether oxygens (including phenoxy) is 1. The number of hydrogen-bond acceptors (Lipinski definition) is 5. The average molecular weight is 734 g/mol. The molecule has 0 radical (unpaired) electrons. The van der Waals surface area contributed by atoms with Crippen molar-refractivity contribution in [1.82, 2.24) is 9.97 Å². The van der Waals surface area contributed by atoms with Gasteiger partial charge in [-0.2, -0.15) is 6.07 Å². The Kier molecular flexibility index (Phi) is 6.78. The van der Waals surface area contributed by atoms with E-state index in [0.717, 1.165) is 61.2 Å². The average Bonchev–Trinajstić information content (AvgIpc) is 3.51. The second-order valence-electron chi connectivity index (χ2n) is 12.6. The molecule has 0 N–H and O–H groups in total. The smallest absolute Gasteiger partial charge is 0.477 e. The fourth-order valence-corrected chi connectivity index (χ4v) is 5.26. The molecule has 0 saturated carbocycles. The van der Waals surface area contributed by atoms with Crippen LogP contribution in [0.1, 0.15) is 52.7 Å². The first-order chi connectivity index (χ1) is 19.5. The molecule has 42 heavy (non-hydrogen) atoms. The molecule has 0 unspecified atom stereocenters. The van der Waals surface area contributed by atoms with Crippen molar-refractivity contribution in [2.45, 2.75) is 52.4 Å². The number of furan rings is 2. The van der Waals surface area contributed by atoms with Gasteiger partial charge in [0.2, 0.25) is 5.88 Å². The van der Waals surface area contributed by atoms with Gasteiger partial charge in [-0.05, 0) is 46.5 Å². The van der Waals surface area contributed by atoms with Crippen molar-refractivity contribution < 1.29 is 34.6 Å². The summed E-state index contributed by atoms with van der Waals surface area (Å²) in [4.78, 5) is 9.43. The molecule has 0 aliphatic carbocycles. The Morgan fingerprint density at radius 2 is 1.45 bits per heavy atom. The van der Waals surface area contributed by atoms with Crippen molar-refractivity contribution in [2.75, 3.05) is 0 Å². The summed E-state index contributed by atoms with van der Waals surface area (Å²) in [6, 6.07) is 28.9. The molecule has 0 saturated heterocycles. The quantitative estimate of drug-likeness (QED) is 0.169. The first-order valence-electron chi connectivity index (χ1n) is 13.8. The minimum absolute atomic E-state index is 0. The van der Waals surface area contributed by atoms with Crippen LogP contribution in [0.2, 0.25) is 0 Å². The number of benzene rings is 3. The fourth-order valence-electron chi connectivity index (χ4n) is 5.26. The van der Waals surface area contributed by atoms with Gasteiger partial charge < -0.3 is 13.6 Å². The van der Waals surface area contributed by atoms with Crippen LogP contribution in [0.3, 0.4) is 0 Å². The molecule has 0 fully saturated rings. The molecule has 212 valence electrons. The summed E-state index contributed by atoms with van der Waals surface area (Å²) in [5, 5.41) is 1.97. The van der Waals surface area contributed by atoms with Gasteiger partial charge in [0.05, 0.1) is 11.4 Å². The minimum atomic E-state index is -0.185. The zero-order valence-corrected chi connectivity index (χ0v) is 26.6. The molecule has 0 atom stereocenters. The van der Waals surface area contributed by atoms with Crippen molar-refractivity contribution in [3.63, 3.8) is 0 Å². The van der Waals surface area contributed by atoms with Crippen molar-refractivity contribution in [2.24, 2.45) is 0 Å². The predicted octanol–water partition coefficient (Wildman–Crippen LogP) is 9.88. The summed E-state index contributed by atoms with van der Waals surface area (Å²) >= 11 is 0. The van der Waals surface area contributed by atoms with Gasteiger partial charge in [0.25, 0.3) is 0 Å². The summed E-state index contributed by atoms with van der Waals surface area (Å²) in [7, 11) is 0. The van der Waals surface area contributed by atoms with E-state index in [1.807, 2.05) is 54.6 Å². The molecule has 6 heteroatoms. The van der Waals surface area contributed by atoms with E-state index in [-0.39, 0.29) is 31.9 Å². The zero-order chi connectivity index (χ0) is 28.5. The molecule has 0 spiro atoms. The Bertz CT molecular complexity index is 1980. The van der Waals surface area contributed by atoms with E-state index in [4.69, 9.17) is 18.6 Å². The van der Waals surface area contributed by atoms with E-state index < -0.39 is 0 Å². The molecular formula is C36H30N2O3Pt. The number of aromatic nitrogens is 2. The number of hydrogen-bond donors (Lipinski definition) is 0. The molecule has 0 aliphatic heterocycles. The summed E-state index contributed by atoms with van der Waals surface area (Å²) in [5.74, 6) is 1.12. The molecule has 0 bridgehead atoms. The topological polar surface area (TPSA) is 61.3 Å². The van der Waals surface area contributed by atoms with Crippen molar-refractivity contribution in [3.8, 4) is 34.1 Å². The van der Waals surface area contributed by atoms with Gasteiger partial charge in [-0.3, -0.25) is 4.98 Å². The third kappa shape index (κ3) is 4.90. The van der Waals surface area contributed by atoms with Gasteiger partial charge in [0, 0.05) is 34.1 Å². The Morgan fingerprint density at radius 1 is 0.690 bits per heavy atom. The fraction of sp³-hybridized carbons (Fsp3) is 0.222. The number of nitrogens with zero attached hydrogens (tertiary/aromatic N) is 2. The molecule has 4 aromatic heterocycles. The predicted molar refractivity (Wildman–Crippen MR) is 163 cm³/mol. The van der Waals surface area contributed by atoms with Crippen LogP contribution in [0.4, 0.5) is 0 Å². The van der Waals surface area contributed by atoms with Crippen LogP contribution < -0.4 is 4.74 Å². The molecule has 4 heterocycles. The van der Waals surface area contributed by atoms with Crippen LogP contribution in [-0.4, -0.2) is 9.97 Å². The van der Waals surface area contributed by atoms with Crippen molar-refractivity contribution in [3.05, 3.63) is 96.2 Å². The van der Waals surface area contributed by atoms with E-state index >= 15 is 0 Å². The molecule has 7 rings (SSSR count). The van der Waals surface area contributed by atoms with Crippen LogP contribution in [0, 0.1) is 12.1 Å². The third-order valence-corrected chi connectivity index (χ3v) is 7.47. The second kappa shape index (κ2) is 10.1. The summed E-state index contributed by atoms with van der Waals surface area (Å²) < 4.78 is 19.0. The van der Waals surface area contributed by atoms with Gasteiger partial charge in [-0.15, -0.1) is 23.8 Å². The maximum Gasteiger partial charge on any atom is 2.00 e. The standard InChI is InChI=1S/C36H30N2O3.Pt/c1-35(2,3)23-16-21(22-18-30-33-31(19-22)41-29-12-9-11-28(40-30)32(29)33)17-24(20-23)39-34-25(36(4,5)6)13-14-27(38-34)26-10-7-8-15-37-26;/h7-16,18,20H,1-6H3;/q-2;+2. The van der Waals surface area contributed by atoms with E-state index in [2.05, 4.69) is 70.8 Å². The number of pyridine rings is 2. The Balaban J connectivity index is 0.00000316. The molecule has 0 aliphatic rings. The van der Waals surface area contributed by atoms with Gasteiger partial charge in [0.1, 0.15) is 11.2 Å². The SMILES string of the molecule is CC(C)(C)c1cc(Oc2nc(-c3ccccn3)ccc2C(C)(C)C)[c-]c(-c2[c-]c3oc4cccc5oc(c2)c3c45)c1.[Pt+2]. The van der Waals surface area contributed by atoms with Crippen LogP contribution in [-0.2, 0) is 31.9 Å². The maximum absolute atomic E-state index is 6.62. The summed E-state index contributed by atoms with van der Waals surface area (Å²) in [6.07, 6.45) is 1.77. The van der Waals surface area contributed by atoms with E-state index in [0.29, 0.717) is 17.2 Å². The Labute approximate surface area is 259 Å². The first kappa shape index (κ1) is 28.2. The largest absolute Gasteiger partial charge is 2.00 e. The zero-order valence-electron chi connectivity index (χ0n) is 24.4. The maximum atomic E-state index is 6.62. The Morgan fingerprint density at radius 3 is 2.17 bits per heavy atom. The van der Waals surface area contributed by atoms with Crippen LogP contribution >= 0.6 is 0 Å². The van der Waals surface area contributed by atoms with Crippen LogP contribution in [0.25, 0.3) is 55.6 Å².